The number of rotatable bonds is 1. The van der Waals surface area contributed by atoms with E-state index in [1.165, 1.54) is 6.07 Å². The van der Waals surface area contributed by atoms with E-state index in [0.29, 0.717) is 10.7 Å². The molecule has 12 heavy (non-hydrogen) atoms. The zero-order valence-electron chi connectivity index (χ0n) is 6.27. The van der Waals surface area contributed by atoms with Crippen molar-refractivity contribution in [1.29, 1.82) is 0 Å². The maximum atomic E-state index is 10.7. The zero-order chi connectivity index (χ0) is 9.30. The third-order valence-corrected chi connectivity index (χ3v) is 2.04. The summed E-state index contributed by atoms with van der Waals surface area (Å²) in [6.45, 7) is 1.69. The van der Waals surface area contributed by atoms with Crippen molar-refractivity contribution < 1.29 is 4.79 Å². The van der Waals surface area contributed by atoms with Crippen LogP contribution in [0.3, 0.4) is 0 Å². The molecule has 0 aliphatic carbocycles. The van der Waals surface area contributed by atoms with E-state index in [1.54, 1.807) is 6.92 Å². The number of carbonyl (C=O) groups is 1. The van der Waals surface area contributed by atoms with E-state index in [2.05, 4.69) is 4.98 Å². The van der Waals surface area contributed by atoms with Gasteiger partial charge in [0.05, 0.1) is 16.3 Å². The Labute approximate surface area is 79.5 Å². The fraction of sp³-hybridized carbons (Fsp3) is 0.143. The first-order valence-corrected chi connectivity index (χ1v) is 3.90. The van der Waals surface area contributed by atoms with Crippen LogP contribution in [0.25, 0.3) is 0 Å². The summed E-state index contributed by atoms with van der Waals surface area (Å²) in [4.78, 5) is 14.6. The minimum absolute atomic E-state index is 0.0874. The second-order valence-corrected chi connectivity index (χ2v) is 3.02. The highest BCUT2D eigenvalue weighted by Gasteiger charge is 2.10. The van der Waals surface area contributed by atoms with Crippen LogP contribution in [-0.2, 0) is 0 Å². The summed E-state index contributed by atoms with van der Waals surface area (Å²) in [5.41, 5.74) is 5.73. The predicted octanol–water partition coefficient (Wildman–Crippen LogP) is 1.80. The standard InChI is InChI=1S/C7H6Cl2N2O/c1-3-5(8)2-4(7(10)12)6(9)11-3/h2H,1H3,(H2,10,12). The van der Waals surface area contributed by atoms with Crippen LogP contribution in [0.15, 0.2) is 6.07 Å². The molecular formula is C7H6Cl2N2O. The highest BCUT2D eigenvalue weighted by molar-refractivity contribution is 6.35. The molecule has 1 amide bonds. The fourth-order valence-electron chi connectivity index (χ4n) is 0.724. The molecule has 0 saturated carbocycles. The van der Waals surface area contributed by atoms with Gasteiger partial charge in [0.1, 0.15) is 5.15 Å². The molecule has 0 spiro atoms. The molecule has 0 atom stereocenters. The van der Waals surface area contributed by atoms with Crippen LogP contribution < -0.4 is 5.73 Å². The number of hydrogen-bond donors (Lipinski definition) is 1. The second kappa shape index (κ2) is 3.29. The third kappa shape index (κ3) is 1.68. The van der Waals surface area contributed by atoms with Crippen LogP contribution in [0.5, 0.6) is 0 Å². The van der Waals surface area contributed by atoms with Crippen molar-refractivity contribution in [2.75, 3.05) is 0 Å². The van der Waals surface area contributed by atoms with Gasteiger partial charge in [-0.05, 0) is 13.0 Å². The predicted molar refractivity (Wildman–Crippen MR) is 47.5 cm³/mol. The molecule has 5 heteroatoms. The summed E-state index contributed by atoms with van der Waals surface area (Å²) in [5.74, 6) is -0.630. The second-order valence-electron chi connectivity index (χ2n) is 2.26. The number of nitrogens with two attached hydrogens (primary N) is 1. The molecule has 0 unspecified atom stereocenters. The van der Waals surface area contributed by atoms with Crippen molar-refractivity contribution in [3.05, 3.63) is 27.5 Å². The lowest BCUT2D eigenvalue weighted by atomic mass is 10.2. The van der Waals surface area contributed by atoms with Gasteiger partial charge >= 0.3 is 0 Å². The number of amides is 1. The lowest BCUT2D eigenvalue weighted by Gasteiger charge is -2.01. The molecule has 2 N–H and O–H groups in total. The van der Waals surface area contributed by atoms with Crippen molar-refractivity contribution in [3.8, 4) is 0 Å². The molecule has 0 aliphatic rings. The molecule has 0 saturated heterocycles. The van der Waals surface area contributed by atoms with Crippen LogP contribution in [-0.4, -0.2) is 10.9 Å². The Morgan fingerprint density at radius 1 is 1.58 bits per heavy atom. The van der Waals surface area contributed by atoms with Gasteiger partial charge in [-0.15, -0.1) is 0 Å². The van der Waals surface area contributed by atoms with Crippen molar-refractivity contribution >= 4 is 29.1 Å². The van der Waals surface area contributed by atoms with Crippen LogP contribution >= 0.6 is 23.2 Å². The molecule has 64 valence electrons. The summed E-state index contributed by atoms with van der Waals surface area (Å²) >= 11 is 11.3. The first-order chi connectivity index (χ1) is 5.52. The first-order valence-electron chi connectivity index (χ1n) is 3.15. The molecular weight excluding hydrogens is 199 g/mol. The fourth-order valence-corrected chi connectivity index (χ4v) is 1.15. The van der Waals surface area contributed by atoms with Gasteiger partial charge in [-0.3, -0.25) is 4.79 Å². The number of primary amides is 1. The SMILES string of the molecule is Cc1nc(Cl)c(C(N)=O)cc1Cl. The highest BCUT2D eigenvalue weighted by atomic mass is 35.5. The Kier molecular flexibility index (Phi) is 2.55. The zero-order valence-corrected chi connectivity index (χ0v) is 7.78. The van der Waals surface area contributed by atoms with Gasteiger partial charge in [0.2, 0.25) is 0 Å². The number of carbonyl (C=O) groups excluding carboxylic acids is 1. The van der Waals surface area contributed by atoms with Crippen LogP contribution in [0.4, 0.5) is 0 Å². The van der Waals surface area contributed by atoms with Crippen molar-refractivity contribution in [1.82, 2.24) is 4.98 Å². The summed E-state index contributed by atoms with van der Waals surface area (Å²) in [6.07, 6.45) is 0. The van der Waals surface area contributed by atoms with E-state index in [0.717, 1.165) is 0 Å². The Morgan fingerprint density at radius 2 is 2.17 bits per heavy atom. The molecule has 0 aromatic carbocycles. The molecule has 0 aliphatic heterocycles. The Bertz CT molecular complexity index is 338. The smallest absolute Gasteiger partial charge is 0.251 e. The molecule has 0 fully saturated rings. The molecule has 1 aromatic heterocycles. The molecule has 1 heterocycles. The lowest BCUT2D eigenvalue weighted by molar-refractivity contribution is 0.1000. The van der Waals surface area contributed by atoms with Gasteiger partial charge in [-0.25, -0.2) is 4.98 Å². The molecule has 0 radical (unpaired) electrons. The summed E-state index contributed by atoms with van der Waals surface area (Å²) < 4.78 is 0. The van der Waals surface area contributed by atoms with Crippen molar-refractivity contribution in [3.63, 3.8) is 0 Å². The van der Waals surface area contributed by atoms with E-state index in [-0.39, 0.29) is 10.7 Å². The Hall–Kier alpha value is -0.800. The van der Waals surface area contributed by atoms with Crippen molar-refractivity contribution in [2.45, 2.75) is 6.92 Å². The van der Waals surface area contributed by atoms with E-state index in [4.69, 9.17) is 28.9 Å². The van der Waals surface area contributed by atoms with E-state index in [9.17, 15) is 4.79 Å². The highest BCUT2D eigenvalue weighted by Crippen LogP contribution is 2.20. The third-order valence-electron chi connectivity index (χ3n) is 1.37. The average Bonchev–Trinajstić information content (AvgIpc) is 1.96. The van der Waals surface area contributed by atoms with Gasteiger partial charge < -0.3 is 5.73 Å². The van der Waals surface area contributed by atoms with Gasteiger partial charge in [0.25, 0.3) is 5.91 Å². The van der Waals surface area contributed by atoms with E-state index in [1.807, 2.05) is 0 Å². The Morgan fingerprint density at radius 3 is 2.67 bits per heavy atom. The monoisotopic (exact) mass is 204 g/mol. The summed E-state index contributed by atoms with van der Waals surface area (Å²) in [7, 11) is 0. The Balaban J connectivity index is 3.33. The number of aryl methyl sites for hydroxylation is 1. The first kappa shape index (κ1) is 9.29. The average molecular weight is 205 g/mol. The molecule has 1 aromatic rings. The van der Waals surface area contributed by atoms with E-state index < -0.39 is 5.91 Å². The maximum Gasteiger partial charge on any atom is 0.251 e. The van der Waals surface area contributed by atoms with Gasteiger partial charge in [-0.1, -0.05) is 23.2 Å². The van der Waals surface area contributed by atoms with Crippen LogP contribution in [0.1, 0.15) is 16.1 Å². The van der Waals surface area contributed by atoms with Gasteiger partial charge in [0.15, 0.2) is 0 Å². The largest absolute Gasteiger partial charge is 0.366 e. The molecule has 3 nitrogen and oxygen atoms in total. The summed E-state index contributed by atoms with van der Waals surface area (Å²) in [6, 6.07) is 1.41. The van der Waals surface area contributed by atoms with Crippen molar-refractivity contribution in [2.24, 2.45) is 5.73 Å². The lowest BCUT2D eigenvalue weighted by Crippen LogP contribution is -2.12. The topological polar surface area (TPSA) is 56.0 Å². The molecule has 1 rings (SSSR count). The van der Waals surface area contributed by atoms with Crippen LogP contribution in [0.2, 0.25) is 10.2 Å². The van der Waals surface area contributed by atoms with Crippen LogP contribution in [0, 0.1) is 6.92 Å². The summed E-state index contributed by atoms with van der Waals surface area (Å²) in [5, 5.41) is 0.470. The number of aromatic nitrogens is 1. The van der Waals surface area contributed by atoms with Gasteiger partial charge in [-0.2, -0.15) is 0 Å². The number of halogens is 2. The number of pyridine rings is 1. The number of nitrogens with zero attached hydrogens (tertiary/aromatic N) is 1. The number of hydrogen-bond acceptors (Lipinski definition) is 2. The van der Waals surface area contributed by atoms with E-state index >= 15 is 0 Å². The molecule has 0 bridgehead atoms. The normalized spacial score (nSPS) is 9.92. The minimum atomic E-state index is -0.630. The minimum Gasteiger partial charge on any atom is -0.366 e. The maximum absolute atomic E-state index is 10.7. The quantitative estimate of drug-likeness (QED) is 0.710. The van der Waals surface area contributed by atoms with Gasteiger partial charge in [0, 0.05) is 0 Å².